The van der Waals surface area contributed by atoms with Crippen molar-refractivity contribution in [3.63, 3.8) is 0 Å². The van der Waals surface area contributed by atoms with Gasteiger partial charge in [-0.2, -0.15) is 0 Å². The van der Waals surface area contributed by atoms with Crippen molar-refractivity contribution >= 4 is 33.3 Å². The molecule has 0 aliphatic carbocycles. The zero-order valence-corrected chi connectivity index (χ0v) is 12.1. The van der Waals surface area contributed by atoms with Crippen LogP contribution in [0.3, 0.4) is 0 Å². The van der Waals surface area contributed by atoms with E-state index >= 15 is 0 Å². The van der Waals surface area contributed by atoms with Crippen LogP contribution in [0.5, 0.6) is 0 Å². The second-order valence-corrected chi connectivity index (χ2v) is 5.24. The van der Waals surface area contributed by atoms with Crippen LogP contribution in [0, 0.1) is 18.6 Å². The summed E-state index contributed by atoms with van der Waals surface area (Å²) in [6.07, 6.45) is 0. The predicted octanol–water partition coefficient (Wildman–Crippen LogP) is 4.92. The first-order valence-electron chi connectivity index (χ1n) is 5.36. The van der Waals surface area contributed by atoms with E-state index in [0.29, 0.717) is 5.56 Å². The van der Waals surface area contributed by atoms with E-state index in [-0.39, 0.29) is 20.6 Å². The monoisotopic (exact) mass is 344 g/mol. The fourth-order valence-corrected chi connectivity index (χ4v) is 2.19. The molecule has 0 fully saturated rings. The molecule has 0 spiro atoms. The minimum absolute atomic E-state index is 0.0307. The number of rotatable bonds is 2. The average Bonchev–Trinajstić information content (AvgIpc) is 2.36. The summed E-state index contributed by atoms with van der Waals surface area (Å²) in [5, 5.41) is 0.246. The molecule has 0 N–H and O–H groups in total. The van der Waals surface area contributed by atoms with Gasteiger partial charge in [0.1, 0.15) is 11.6 Å². The third kappa shape index (κ3) is 2.69. The Bertz CT molecular complexity index is 671. The molecule has 1 nitrogen and oxygen atoms in total. The van der Waals surface area contributed by atoms with Crippen LogP contribution < -0.4 is 0 Å². The first-order valence-corrected chi connectivity index (χ1v) is 6.53. The quantitative estimate of drug-likeness (QED) is 0.558. The summed E-state index contributed by atoms with van der Waals surface area (Å²) in [5.41, 5.74) is 0.515. The van der Waals surface area contributed by atoms with Crippen molar-refractivity contribution in [2.75, 3.05) is 0 Å². The van der Waals surface area contributed by atoms with Crippen molar-refractivity contribution in [2.45, 2.75) is 6.92 Å². The van der Waals surface area contributed by atoms with Gasteiger partial charge in [-0.3, -0.25) is 4.79 Å². The molecule has 0 aromatic heterocycles. The second-order valence-electron chi connectivity index (χ2n) is 4.01. The van der Waals surface area contributed by atoms with Crippen molar-refractivity contribution in [1.29, 1.82) is 0 Å². The molecule has 0 heterocycles. The molecule has 2 aromatic rings. The van der Waals surface area contributed by atoms with Crippen LogP contribution in [0.25, 0.3) is 0 Å². The summed E-state index contributed by atoms with van der Waals surface area (Å²) in [5.74, 6) is -2.14. The minimum Gasteiger partial charge on any atom is -0.288 e. The van der Waals surface area contributed by atoms with Gasteiger partial charge in [0.15, 0.2) is 5.78 Å². The highest BCUT2D eigenvalue weighted by molar-refractivity contribution is 9.10. The molecule has 98 valence electrons. The van der Waals surface area contributed by atoms with E-state index in [9.17, 15) is 13.6 Å². The van der Waals surface area contributed by atoms with E-state index in [1.54, 1.807) is 19.1 Å². The zero-order valence-electron chi connectivity index (χ0n) is 9.81. The SMILES string of the molecule is Cc1cccc(C(=O)c2cc(F)c(Br)cc2F)c1Cl. The van der Waals surface area contributed by atoms with Crippen LogP contribution in [0.1, 0.15) is 21.5 Å². The molecule has 0 bridgehead atoms. The lowest BCUT2D eigenvalue weighted by Crippen LogP contribution is -2.06. The van der Waals surface area contributed by atoms with Crippen molar-refractivity contribution in [1.82, 2.24) is 0 Å². The van der Waals surface area contributed by atoms with Crippen molar-refractivity contribution in [3.8, 4) is 0 Å². The number of hydrogen-bond donors (Lipinski definition) is 0. The van der Waals surface area contributed by atoms with Gasteiger partial charge in [-0.05, 0) is 46.6 Å². The molecule has 5 heteroatoms. The molecule has 0 unspecified atom stereocenters. The lowest BCUT2D eigenvalue weighted by atomic mass is 10.0. The fourth-order valence-electron chi connectivity index (χ4n) is 1.66. The Kier molecular flexibility index (Phi) is 4.02. The van der Waals surface area contributed by atoms with Gasteiger partial charge in [-0.1, -0.05) is 23.7 Å². The Labute approximate surface area is 122 Å². The van der Waals surface area contributed by atoms with Crippen molar-refractivity contribution in [2.24, 2.45) is 0 Å². The third-order valence-corrected chi connectivity index (χ3v) is 3.80. The van der Waals surface area contributed by atoms with Crippen molar-refractivity contribution < 1.29 is 13.6 Å². The number of ketones is 1. The molecular weight excluding hydrogens is 338 g/mol. The molecule has 19 heavy (non-hydrogen) atoms. The molecular formula is C14H8BrClF2O. The van der Waals surface area contributed by atoms with Gasteiger partial charge in [-0.25, -0.2) is 8.78 Å². The minimum atomic E-state index is -0.796. The Balaban J connectivity index is 2.56. The van der Waals surface area contributed by atoms with Crippen LogP contribution in [0.2, 0.25) is 5.02 Å². The summed E-state index contributed by atoms with van der Waals surface area (Å²) < 4.78 is 27.1. The summed E-state index contributed by atoms with van der Waals surface area (Å²) in [7, 11) is 0. The molecule has 0 saturated heterocycles. The second kappa shape index (κ2) is 5.39. The maximum absolute atomic E-state index is 13.7. The highest BCUT2D eigenvalue weighted by Crippen LogP contribution is 2.26. The van der Waals surface area contributed by atoms with E-state index in [1.807, 2.05) is 0 Å². The van der Waals surface area contributed by atoms with Crippen LogP contribution in [0.4, 0.5) is 8.78 Å². The average molecular weight is 346 g/mol. The van der Waals surface area contributed by atoms with Gasteiger partial charge in [-0.15, -0.1) is 0 Å². The molecule has 2 aromatic carbocycles. The molecule has 0 aliphatic heterocycles. The standard InChI is InChI=1S/C14H8BrClF2O/c1-7-3-2-4-8(13(7)16)14(19)9-5-12(18)10(15)6-11(9)17/h2-6H,1H3. The molecule has 0 saturated carbocycles. The first-order chi connectivity index (χ1) is 8.91. The number of hydrogen-bond acceptors (Lipinski definition) is 1. The Morgan fingerprint density at radius 1 is 1.16 bits per heavy atom. The topological polar surface area (TPSA) is 17.1 Å². The van der Waals surface area contributed by atoms with E-state index in [4.69, 9.17) is 11.6 Å². The van der Waals surface area contributed by atoms with E-state index in [1.165, 1.54) is 6.07 Å². The van der Waals surface area contributed by atoms with Crippen LogP contribution in [0.15, 0.2) is 34.8 Å². The number of benzene rings is 2. The Hall–Kier alpha value is -1.26. The van der Waals surface area contributed by atoms with E-state index < -0.39 is 17.4 Å². The van der Waals surface area contributed by atoms with Crippen LogP contribution in [-0.4, -0.2) is 5.78 Å². The highest BCUT2D eigenvalue weighted by atomic mass is 79.9. The Morgan fingerprint density at radius 3 is 2.53 bits per heavy atom. The number of carbonyl (C=O) groups excluding carboxylic acids is 1. The van der Waals surface area contributed by atoms with Crippen LogP contribution in [-0.2, 0) is 0 Å². The maximum Gasteiger partial charge on any atom is 0.197 e. The Morgan fingerprint density at radius 2 is 1.84 bits per heavy atom. The lowest BCUT2D eigenvalue weighted by molar-refractivity contribution is 0.103. The lowest BCUT2D eigenvalue weighted by Gasteiger charge is -2.07. The number of carbonyl (C=O) groups is 1. The smallest absolute Gasteiger partial charge is 0.197 e. The van der Waals surface area contributed by atoms with Gasteiger partial charge in [0.2, 0.25) is 0 Å². The summed E-state index contributed by atoms with van der Waals surface area (Å²) in [4.78, 5) is 12.2. The van der Waals surface area contributed by atoms with E-state index in [2.05, 4.69) is 15.9 Å². The third-order valence-electron chi connectivity index (χ3n) is 2.69. The normalized spacial score (nSPS) is 10.6. The van der Waals surface area contributed by atoms with Gasteiger partial charge < -0.3 is 0 Å². The van der Waals surface area contributed by atoms with Gasteiger partial charge in [0.05, 0.1) is 15.1 Å². The maximum atomic E-state index is 13.7. The first kappa shape index (κ1) is 14.2. The summed E-state index contributed by atoms with van der Waals surface area (Å²) in [6.45, 7) is 1.73. The van der Waals surface area contributed by atoms with Gasteiger partial charge >= 0.3 is 0 Å². The largest absolute Gasteiger partial charge is 0.288 e. The zero-order chi connectivity index (χ0) is 14.2. The van der Waals surface area contributed by atoms with Crippen LogP contribution >= 0.6 is 27.5 Å². The van der Waals surface area contributed by atoms with E-state index in [0.717, 1.165) is 12.1 Å². The number of aryl methyl sites for hydroxylation is 1. The molecule has 2 rings (SSSR count). The molecule has 0 amide bonds. The highest BCUT2D eigenvalue weighted by Gasteiger charge is 2.19. The summed E-state index contributed by atoms with van der Waals surface area (Å²) >= 11 is 8.87. The van der Waals surface area contributed by atoms with Gasteiger partial charge in [0.25, 0.3) is 0 Å². The number of halogens is 4. The molecule has 0 atom stereocenters. The predicted molar refractivity (Wildman–Crippen MR) is 73.7 cm³/mol. The fraction of sp³-hybridized carbons (Fsp3) is 0.0714. The summed E-state index contributed by atoms with van der Waals surface area (Å²) in [6, 6.07) is 6.64. The molecule has 0 aliphatic rings. The van der Waals surface area contributed by atoms with Crippen molar-refractivity contribution in [3.05, 3.63) is 68.2 Å². The van der Waals surface area contributed by atoms with Gasteiger partial charge in [0, 0.05) is 5.56 Å². The molecule has 0 radical (unpaired) electrons.